The fourth-order valence-corrected chi connectivity index (χ4v) is 1.02. The van der Waals surface area contributed by atoms with E-state index in [1.807, 2.05) is 22.9 Å². The number of hydrogen-bond acceptors (Lipinski definition) is 1. The predicted molar refractivity (Wildman–Crippen MR) is 41.5 cm³/mol. The van der Waals surface area contributed by atoms with Crippen LogP contribution in [-0.2, 0) is 0 Å². The summed E-state index contributed by atoms with van der Waals surface area (Å²) in [6.07, 6.45) is 5.38. The van der Waals surface area contributed by atoms with Crippen LogP contribution in [0.4, 0.5) is 5.69 Å². The Morgan fingerprint density at radius 2 is 2.36 bits per heavy atom. The fourth-order valence-electron chi connectivity index (χ4n) is 1.02. The molecule has 2 rings (SSSR count). The molecule has 11 heavy (non-hydrogen) atoms. The number of nitrogens with zero attached hydrogens (tertiary/aromatic N) is 3. The van der Waals surface area contributed by atoms with Crippen LogP contribution in [0, 0.1) is 6.57 Å². The maximum atomic E-state index is 6.84. The van der Waals surface area contributed by atoms with Crippen molar-refractivity contribution in [1.82, 2.24) is 9.38 Å². The van der Waals surface area contributed by atoms with Crippen LogP contribution >= 0.6 is 0 Å². The third kappa shape index (κ3) is 0.767. The summed E-state index contributed by atoms with van der Waals surface area (Å²) < 4.78 is 1.83. The van der Waals surface area contributed by atoms with Gasteiger partial charge in [0.1, 0.15) is 5.65 Å². The Morgan fingerprint density at radius 3 is 3.18 bits per heavy atom. The van der Waals surface area contributed by atoms with Gasteiger partial charge in [-0.25, -0.2) is 9.83 Å². The van der Waals surface area contributed by atoms with Gasteiger partial charge >= 0.3 is 0 Å². The van der Waals surface area contributed by atoms with E-state index >= 15 is 0 Å². The maximum Gasteiger partial charge on any atom is 0.229 e. The number of hydrogen-bond donors (Lipinski definition) is 0. The molecule has 0 aromatic carbocycles. The number of fused-ring (bicyclic) bond motifs is 1. The Hall–Kier alpha value is -1.82. The van der Waals surface area contributed by atoms with Crippen molar-refractivity contribution in [1.29, 1.82) is 0 Å². The topological polar surface area (TPSA) is 21.7 Å². The molecule has 0 bridgehead atoms. The zero-order chi connectivity index (χ0) is 7.68. The van der Waals surface area contributed by atoms with Gasteiger partial charge < -0.3 is 4.40 Å². The molecular formula is C8H5N3. The molecule has 0 N–H and O–H groups in total. The number of imidazole rings is 1. The van der Waals surface area contributed by atoms with Gasteiger partial charge in [-0.05, 0) is 0 Å². The van der Waals surface area contributed by atoms with Crippen LogP contribution in [0.1, 0.15) is 0 Å². The van der Waals surface area contributed by atoms with Gasteiger partial charge in [-0.3, -0.25) is 0 Å². The lowest BCUT2D eigenvalue weighted by atomic mass is 10.4. The predicted octanol–water partition coefficient (Wildman–Crippen LogP) is 1.89. The Kier molecular flexibility index (Phi) is 1.13. The quantitative estimate of drug-likeness (QED) is 0.516. The highest BCUT2D eigenvalue weighted by molar-refractivity contribution is 5.67. The first-order valence-corrected chi connectivity index (χ1v) is 3.21. The number of aromatic nitrogens is 2. The molecule has 0 radical (unpaired) electrons. The van der Waals surface area contributed by atoms with Crippen LogP contribution < -0.4 is 0 Å². The second-order valence-electron chi connectivity index (χ2n) is 2.16. The lowest BCUT2D eigenvalue weighted by Crippen LogP contribution is -1.79. The molecular weight excluding hydrogens is 138 g/mol. The van der Waals surface area contributed by atoms with Gasteiger partial charge in [0.15, 0.2) is 0 Å². The highest BCUT2D eigenvalue weighted by Crippen LogP contribution is 2.16. The third-order valence-corrected chi connectivity index (χ3v) is 1.52. The van der Waals surface area contributed by atoms with Crippen molar-refractivity contribution in [2.75, 3.05) is 0 Å². The normalized spacial score (nSPS) is 9.73. The SMILES string of the molecule is [C-]#[N+]c1cccn2ccnc12. The molecule has 0 aliphatic rings. The van der Waals surface area contributed by atoms with E-state index in [9.17, 15) is 0 Å². The van der Waals surface area contributed by atoms with E-state index in [2.05, 4.69) is 9.83 Å². The molecule has 0 fully saturated rings. The monoisotopic (exact) mass is 143 g/mol. The van der Waals surface area contributed by atoms with Crippen LogP contribution in [0.25, 0.3) is 10.5 Å². The molecule has 0 aliphatic heterocycles. The van der Waals surface area contributed by atoms with Crippen molar-refractivity contribution in [2.24, 2.45) is 0 Å². The Balaban J connectivity index is 2.92. The van der Waals surface area contributed by atoms with Crippen LogP contribution in [-0.4, -0.2) is 9.38 Å². The minimum absolute atomic E-state index is 0.595. The average molecular weight is 143 g/mol. The summed E-state index contributed by atoms with van der Waals surface area (Å²) in [5, 5.41) is 0. The Morgan fingerprint density at radius 1 is 1.45 bits per heavy atom. The third-order valence-electron chi connectivity index (χ3n) is 1.52. The Labute approximate surface area is 63.7 Å². The van der Waals surface area contributed by atoms with E-state index in [0.29, 0.717) is 5.69 Å². The van der Waals surface area contributed by atoms with Gasteiger partial charge in [-0.2, -0.15) is 0 Å². The summed E-state index contributed by atoms with van der Waals surface area (Å²) >= 11 is 0. The molecule has 3 heteroatoms. The first kappa shape index (κ1) is 5.93. The maximum absolute atomic E-state index is 6.84. The molecule has 3 nitrogen and oxygen atoms in total. The molecule has 2 aromatic heterocycles. The lowest BCUT2D eigenvalue weighted by Gasteiger charge is -1.92. The zero-order valence-electron chi connectivity index (χ0n) is 5.73. The molecule has 0 unspecified atom stereocenters. The van der Waals surface area contributed by atoms with E-state index in [4.69, 9.17) is 6.57 Å². The van der Waals surface area contributed by atoms with Crippen molar-refractivity contribution in [2.45, 2.75) is 0 Å². The second kappa shape index (κ2) is 2.10. The van der Waals surface area contributed by atoms with E-state index in [0.717, 1.165) is 5.65 Å². The number of pyridine rings is 1. The first-order valence-electron chi connectivity index (χ1n) is 3.21. The van der Waals surface area contributed by atoms with Crippen molar-refractivity contribution in [3.05, 3.63) is 42.1 Å². The second-order valence-corrected chi connectivity index (χ2v) is 2.16. The smallest absolute Gasteiger partial charge is 0.229 e. The molecule has 0 atom stereocenters. The molecule has 2 aromatic rings. The zero-order valence-corrected chi connectivity index (χ0v) is 5.73. The fraction of sp³-hybridized carbons (Fsp3) is 0. The van der Waals surface area contributed by atoms with Crippen molar-refractivity contribution in [3.8, 4) is 0 Å². The van der Waals surface area contributed by atoms with Crippen molar-refractivity contribution < 1.29 is 0 Å². The lowest BCUT2D eigenvalue weighted by molar-refractivity contribution is 1.19. The van der Waals surface area contributed by atoms with Gasteiger partial charge in [0.2, 0.25) is 5.69 Å². The van der Waals surface area contributed by atoms with Gasteiger partial charge in [-0.1, -0.05) is 12.1 Å². The summed E-state index contributed by atoms with van der Waals surface area (Å²) in [6, 6.07) is 3.59. The molecule has 2 heterocycles. The van der Waals surface area contributed by atoms with Crippen LogP contribution in [0.2, 0.25) is 0 Å². The minimum atomic E-state index is 0.595. The summed E-state index contributed by atoms with van der Waals surface area (Å²) in [7, 11) is 0. The van der Waals surface area contributed by atoms with Gasteiger partial charge in [-0.15, -0.1) is 0 Å². The first-order chi connectivity index (χ1) is 5.42. The van der Waals surface area contributed by atoms with E-state index in [-0.39, 0.29) is 0 Å². The van der Waals surface area contributed by atoms with Crippen LogP contribution in [0.3, 0.4) is 0 Å². The summed E-state index contributed by atoms with van der Waals surface area (Å²) in [6.45, 7) is 6.84. The molecule has 0 amide bonds. The van der Waals surface area contributed by atoms with Crippen LogP contribution in [0.5, 0.6) is 0 Å². The summed E-state index contributed by atoms with van der Waals surface area (Å²) in [5.41, 5.74) is 1.32. The molecule has 0 spiro atoms. The molecule has 0 saturated carbocycles. The highest BCUT2D eigenvalue weighted by atomic mass is 15.0. The number of rotatable bonds is 0. The van der Waals surface area contributed by atoms with E-state index in [1.54, 1.807) is 12.3 Å². The molecule has 0 saturated heterocycles. The van der Waals surface area contributed by atoms with Crippen LogP contribution in [0.15, 0.2) is 30.7 Å². The van der Waals surface area contributed by atoms with E-state index in [1.165, 1.54) is 0 Å². The van der Waals surface area contributed by atoms with Gasteiger partial charge in [0.05, 0.1) is 6.57 Å². The molecule has 52 valence electrons. The van der Waals surface area contributed by atoms with Crippen molar-refractivity contribution >= 4 is 11.3 Å². The molecule has 0 aliphatic carbocycles. The largest absolute Gasteiger partial charge is 0.316 e. The standard InChI is InChI=1S/C8H5N3/c1-9-7-3-2-5-11-6-4-10-8(7)11/h2-6H. The summed E-state index contributed by atoms with van der Waals surface area (Å²) in [5.74, 6) is 0. The van der Waals surface area contributed by atoms with E-state index < -0.39 is 0 Å². The minimum Gasteiger partial charge on any atom is -0.316 e. The van der Waals surface area contributed by atoms with Gasteiger partial charge in [0.25, 0.3) is 0 Å². The van der Waals surface area contributed by atoms with Crippen molar-refractivity contribution in [3.63, 3.8) is 0 Å². The Bertz CT molecular complexity index is 422. The average Bonchev–Trinajstić information content (AvgIpc) is 2.50. The van der Waals surface area contributed by atoms with Gasteiger partial charge in [0, 0.05) is 18.6 Å². The highest BCUT2D eigenvalue weighted by Gasteiger charge is 1.98. The summed E-state index contributed by atoms with van der Waals surface area (Å²) in [4.78, 5) is 7.38.